The normalized spacial score (nSPS) is 12.2. The Balaban J connectivity index is 1.63. The van der Waals surface area contributed by atoms with Gasteiger partial charge in [0.15, 0.2) is 10.8 Å². The summed E-state index contributed by atoms with van der Waals surface area (Å²) in [5.74, 6) is -0.151. The van der Waals surface area contributed by atoms with Gasteiger partial charge >= 0.3 is 0 Å². The molecule has 0 saturated heterocycles. The molecule has 8 nitrogen and oxygen atoms in total. The summed E-state index contributed by atoms with van der Waals surface area (Å²) in [4.78, 5) is 26.0. The number of rotatable bonds is 8. The molecule has 11 heteroatoms. The van der Waals surface area contributed by atoms with Crippen molar-refractivity contribution in [3.8, 4) is 5.69 Å². The highest BCUT2D eigenvalue weighted by molar-refractivity contribution is 8.00. The molecule has 0 aliphatic heterocycles. The summed E-state index contributed by atoms with van der Waals surface area (Å²) in [6.07, 6.45) is 3.67. The monoisotopic (exact) mass is 474 g/mol. The highest BCUT2D eigenvalue weighted by Crippen LogP contribution is 2.32. The van der Waals surface area contributed by atoms with Crippen LogP contribution >= 0.6 is 34.7 Å². The number of benzene rings is 1. The number of aryl methyl sites for hydroxylation is 1. The first kappa shape index (κ1) is 21.7. The van der Waals surface area contributed by atoms with E-state index in [0.29, 0.717) is 33.9 Å². The first-order valence-electron chi connectivity index (χ1n) is 9.39. The van der Waals surface area contributed by atoms with Crippen LogP contribution < -0.4 is 5.32 Å². The number of ether oxygens (including phenoxy) is 1. The van der Waals surface area contributed by atoms with Gasteiger partial charge in [-0.3, -0.25) is 4.79 Å². The molecule has 0 aliphatic rings. The largest absolute Gasteiger partial charge is 0.385 e. The highest BCUT2D eigenvalue weighted by Gasteiger charge is 2.24. The lowest BCUT2D eigenvalue weighted by molar-refractivity contribution is -0.116. The van der Waals surface area contributed by atoms with Crippen molar-refractivity contribution in [3.63, 3.8) is 0 Å². The molecule has 31 heavy (non-hydrogen) atoms. The van der Waals surface area contributed by atoms with Crippen LogP contribution in [0.4, 0.5) is 5.13 Å². The van der Waals surface area contributed by atoms with Crippen LogP contribution in [0.5, 0.6) is 0 Å². The van der Waals surface area contributed by atoms with Gasteiger partial charge in [0.1, 0.15) is 11.4 Å². The molecule has 1 unspecified atom stereocenters. The summed E-state index contributed by atoms with van der Waals surface area (Å²) in [6.45, 7) is 2.33. The summed E-state index contributed by atoms with van der Waals surface area (Å²) < 4.78 is 6.88. The third-order valence-electron chi connectivity index (χ3n) is 4.39. The second kappa shape index (κ2) is 9.73. The van der Waals surface area contributed by atoms with Crippen molar-refractivity contribution in [2.75, 3.05) is 19.0 Å². The van der Waals surface area contributed by atoms with E-state index in [4.69, 9.17) is 16.3 Å². The van der Waals surface area contributed by atoms with Gasteiger partial charge in [-0.25, -0.2) is 19.6 Å². The second-order valence-electron chi connectivity index (χ2n) is 6.60. The summed E-state index contributed by atoms with van der Waals surface area (Å²) in [6, 6.07) is 7.41. The molecule has 0 radical (unpaired) electrons. The number of hydrogen-bond acceptors (Lipinski definition) is 8. The van der Waals surface area contributed by atoms with E-state index in [9.17, 15) is 4.79 Å². The Hall–Kier alpha value is -2.53. The maximum Gasteiger partial charge on any atom is 0.239 e. The fourth-order valence-electron chi connectivity index (χ4n) is 2.92. The molecule has 4 aromatic rings. The van der Waals surface area contributed by atoms with Gasteiger partial charge in [0.25, 0.3) is 0 Å². The zero-order chi connectivity index (χ0) is 21.8. The Morgan fingerprint density at radius 3 is 2.94 bits per heavy atom. The Morgan fingerprint density at radius 2 is 2.19 bits per heavy atom. The molecule has 4 rings (SSSR count). The molecule has 3 heterocycles. The number of aromatic nitrogens is 5. The van der Waals surface area contributed by atoms with Gasteiger partial charge < -0.3 is 10.1 Å². The van der Waals surface area contributed by atoms with Crippen LogP contribution in [0.2, 0.25) is 5.02 Å². The molecule has 160 valence electrons. The van der Waals surface area contributed by atoms with Gasteiger partial charge in [0.2, 0.25) is 5.91 Å². The topological polar surface area (TPSA) is 94.8 Å². The summed E-state index contributed by atoms with van der Waals surface area (Å²) in [7, 11) is 1.61. The van der Waals surface area contributed by atoms with E-state index in [-0.39, 0.29) is 5.91 Å². The van der Waals surface area contributed by atoms with Gasteiger partial charge in [-0.2, -0.15) is 5.10 Å². The van der Waals surface area contributed by atoms with Crippen molar-refractivity contribution < 1.29 is 9.53 Å². The first-order chi connectivity index (χ1) is 15.1. The van der Waals surface area contributed by atoms with Crippen molar-refractivity contribution in [2.24, 2.45) is 0 Å². The van der Waals surface area contributed by atoms with E-state index in [1.807, 2.05) is 30.5 Å². The van der Waals surface area contributed by atoms with Gasteiger partial charge in [-0.1, -0.05) is 35.5 Å². The minimum atomic E-state index is -0.425. The molecular weight excluding hydrogens is 456 g/mol. The Labute approximate surface area is 192 Å². The number of para-hydroxylation sites is 1. The quantitative estimate of drug-likeness (QED) is 0.299. The van der Waals surface area contributed by atoms with Crippen LogP contribution in [0.1, 0.15) is 12.1 Å². The first-order valence-corrected chi connectivity index (χ1v) is 11.5. The number of halogens is 1. The zero-order valence-electron chi connectivity index (χ0n) is 16.8. The fraction of sp³-hybridized carbons (Fsp3) is 0.250. The van der Waals surface area contributed by atoms with Crippen LogP contribution in [-0.4, -0.2) is 49.6 Å². The van der Waals surface area contributed by atoms with Crippen LogP contribution in [0.25, 0.3) is 16.7 Å². The molecule has 3 aromatic heterocycles. The number of methoxy groups -OCH3 is 1. The third kappa shape index (κ3) is 4.87. The average molecular weight is 475 g/mol. The Bertz CT molecular complexity index is 1210. The maximum absolute atomic E-state index is 12.9. The molecule has 0 spiro atoms. The molecule has 0 fully saturated rings. The van der Waals surface area contributed by atoms with Crippen molar-refractivity contribution >= 4 is 56.8 Å². The van der Waals surface area contributed by atoms with Crippen molar-refractivity contribution in [1.29, 1.82) is 0 Å². The predicted octanol–water partition coefficient (Wildman–Crippen LogP) is 4.37. The molecule has 1 amide bonds. The van der Waals surface area contributed by atoms with Gasteiger partial charge in [-0.05, 0) is 25.5 Å². The minimum absolute atomic E-state index is 0.151. The molecule has 1 N–H and O–H groups in total. The summed E-state index contributed by atoms with van der Waals surface area (Å²) in [5, 5.41) is 11.4. The van der Waals surface area contributed by atoms with Crippen LogP contribution in [0.15, 0.2) is 47.2 Å². The van der Waals surface area contributed by atoms with Crippen LogP contribution in [0.3, 0.4) is 0 Å². The number of carbonyl (C=O) groups excluding carboxylic acids is 1. The van der Waals surface area contributed by atoms with Gasteiger partial charge in [-0.15, -0.1) is 11.3 Å². The number of anilines is 1. The number of thioether (sulfide) groups is 1. The molecular formula is C20H19ClN6O2S2. The average Bonchev–Trinajstić information content (AvgIpc) is 3.38. The molecule has 1 aromatic carbocycles. The number of fused-ring (bicyclic) bond motifs is 1. The lowest BCUT2D eigenvalue weighted by Gasteiger charge is -2.15. The third-order valence-corrected chi connectivity index (χ3v) is 6.87. The number of nitrogens with zero attached hydrogens (tertiary/aromatic N) is 5. The van der Waals surface area contributed by atoms with Gasteiger partial charge in [0, 0.05) is 19.1 Å². The van der Waals surface area contributed by atoms with Crippen molar-refractivity contribution in [3.05, 3.63) is 52.9 Å². The smallest absolute Gasteiger partial charge is 0.239 e. The standard InChI is InChI=1S/C20H19ClN6O2S2/c1-12-10-30-20(25-12)26-18(28)16(7-8-29-2)31-19-13-9-24-27(17(13)22-11-23-19)15-6-4-3-5-14(15)21/h3-6,9-11,16H,7-8H2,1-2H3,(H,25,26,28). The number of carbonyl (C=O) groups is 1. The summed E-state index contributed by atoms with van der Waals surface area (Å²) >= 11 is 9.08. The number of hydrogen-bond donors (Lipinski definition) is 1. The van der Waals surface area contributed by atoms with E-state index in [1.54, 1.807) is 24.1 Å². The number of nitrogens with one attached hydrogen (secondary N) is 1. The molecule has 0 saturated carbocycles. The molecule has 0 aliphatic carbocycles. The lowest BCUT2D eigenvalue weighted by Crippen LogP contribution is -2.26. The summed E-state index contributed by atoms with van der Waals surface area (Å²) in [5.41, 5.74) is 2.21. The SMILES string of the molecule is COCCC(Sc1ncnc2c1cnn2-c1ccccc1Cl)C(=O)Nc1nc(C)cs1. The van der Waals surface area contributed by atoms with E-state index in [1.165, 1.54) is 29.4 Å². The highest BCUT2D eigenvalue weighted by atomic mass is 35.5. The molecule has 0 bridgehead atoms. The van der Waals surface area contributed by atoms with Crippen molar-refractivity contribution in [2.45, 2.75) is 23.6 Å². The number of thiazole rings is 1. The minimum Gasteiger partial charge on any atom is -0.385 e. The maximum atomic E-state index is 12.9. The van der Waals surface area contributed by atoms with Gasteiger partial charge in [0.05, 0.1) is 33.2 Å². The molecule has 1 atom stereocenters. The van der Waals surface area contributed by atoms with E-state index in [2.05, 4.69) is 25.4 Å². The van der Waals surface area contributed by atoms with E-state index >= 15 is 0 Å². The second-order valence-corrected chi connectivity index (χ2v) is 9.05. The Morgan fingerprint density at radius 1 is 1.35 bits per heavy atom. The van der Waals surface area contributed by atoms with Crippen LogP contribution in [0, 0.1) is 6.92 Å². The van der Waals surface area contributed by atoms with E-state index in [0.717, 1.165) is 16.8 Å². The van der Waals surface area contributed by atoms with E-state index < -0.39 is 5.25 Å². The fourth-order valence-corrected chi connectivity index (χ4v) is 4.85. The van der Waals surface area contributed by atoms with Crippen molar-refractivity contribution in [1.82, 2.24) is 24.7 Å². The Kier molecular flexibility index (Phi) is 6.81. The number of amides is 1. The lowest BCUT2D eigenvalue weighted by atomic mass is 10.3. The zero-order valence-corrected chi connectivity index (χ0v) is 19.2. The predicted molar refractivity (Wildman–Crippen MR) is 123 cm³/mol. The van der Waals surface area contributed by atoms with Crippen LogP contribution in [-0.2, 0) is 9.53 Å².